The van der Waals surface area contributed by atoms with Crippen LogP contribution in [0.25, 0.3) is 44.2 Å². The smallest absolute Gasteiger partial charge is 0.0736 e. The van der Waals surface area contributed by atoms with Gasteiger partial charge in [-0.15, -0.1) is 0 Å². The Labute approximate surface area is 410 Å². The lowest BCUT2D eigenvalue weighted by Gasteiger charge is -2.40. The van der Waals surface area contributed by atoms with Crippen molar-refractivity contribution in [1.29, 1.82) is 0 Å². The molecule has 11 aromatic carbocycles. The lowest BCUT2D eigenvalue weighted by Crippen LogP contribution is -2.32. The zero-order valence-corrected chi connectivity index (χ0v) is 39.1. The summed E-state index contributed by atoms with van der Waals surface area (Å²) in [5.74, 6) is 0. The minimum atomic E-state index is -0.506. The predicted octanol–water partition coefficient (Wildman–Crippen LogP) is 17.6. The molecule has 11 aromatic rings. The van der Waals surface area contributed by atoms with E-state index in [2.05, 4.69) is 254 Å². The third-order valence-electron chi connectivity index (χ3n) is 15.4. The highest BCUT2D eigenvalue weighted by atomic mass is 32.2. The number of fused-ring (bicyclic) bond motifs is 19. The molecule has 69 heavy (non-hydrogen) atoms. The molecular weight excluding hydrogens is 871 g/mol. The van der Waals surface area contributed by atoms with Crippen molar-refractivity contribution >= 4 is 51.4 Å². The van der Waals surface area contributed by atoms with Crippen LogP contribution in [-0.4, -0.2) is 0 Å². The summed E-state index contributed by atoms with van der Waals surface area (Å²) in [6, 6.07) is 93.8. The van der Waals surface area contributed by atoms with E-state index in [9.17, 15) is 0 Å². The van der Waals surface area contributed by atoms with E-state index < -0.39 is 10.8 Å². The van der Waals surface area contributed by atoms with Gasteiger partial charge in [0.1, 0.15) is 0 Å². The third-order valence-corrected chi connectivity index (χ3v) is 17.7. The second kappa shape index (κ2) is 14.8. The highest BCUT2D eigenvalue weighted by molar-refractivity contribution is 7.99. The van der Waals surface area contributed by atoms with Crippen LogP contribution in [-0.2, 0) is 10.8 Å². The van der Waals surface area contributed by atoms with Gasteiger partial charge in [0.05, 0.1) is 16.5 Å². The van der Waals surface area contributed by atoms with E-state index in [1.165, 1.54) is 108 Å². The van der Waals surface area contributed by atoms with Crippen molar-refractivity contribution in [3.63, 3.8) is 0 Å². The maximum Gasteiger partial charge on any atom is 0.0736 e. The quantitative estimate of drug-likeness (QED) is 0.173. The summed E-state index contributed by atoms with van der Waals surface area (Å²) >= 11 is 3.78. The van der Waals surface area contributed by atoms with Crippen LogP contribution in [0.4, 0.5) is 17.1 Å². The van der Waals surface area contributed by atoms with Gasteiger partial charge in [-0.05, 0) is 138 Å². The molecule has 0 fully saturated rings. The van der Waals surface area contributed by atoms with Crippen LogP contribution in [0.2, 0.25) is 0 Å². The van der Waals surface area contributed by atoms with Crippen LogP contribution in [0.5, 0.6) is 0 Å². The monoisotopic (exact) mass is 911 g/mol. The first-order chi connectivity index (χ1) is 34.2. The third kappa shape index (κ3) is 5.29. The topological polar surface area (TPSA) is 3.24 Å². The van der Waals surface area contributed by atoms with Gasteiger partial charge in [-0.3, -0.25) is 0 Å². The van der Waals surface area contributed by atoms with Crippen molar-refractivity contribution in [2.75, 3.05) is 4.90 Å². The van der Waals surface area contributed by atoms with Gasteiger partial charge < -0.3 is 4.90 Å². The Kier molecular flexibility index (Phi) is 8.43. The number of benzene rings is 11. The Bertz CT molecular complexity index is 3850. The Morgan fingerprint density at radius 3 is 1.26 bits per heavy atom. The summed E-state index contributed by atoms with van der Waals surface area (Å²) in [5, 5.41) is 2.42. The van der Waals surface area contributed by atoms with Gasteiger partial charge in [0.2, 0.25) is 0 Å². The largest absolute Gasteiger partial charge is 0.310 e. The van der Waals surface area contributed by atoms with Crippen molar-refractivity contribution in [2.24, 2.45) is 0 Å². The molecule has 15 rings (SSSR count). The van der Waals surface area contributed by atoms with Gasteiger partial charge in [0, 0.05) is 36.3 Å². The fourth-order valence-corrected chi connectivity index (χ4v) is 15.1. The molecule has 1 nitrogen and oxygen atoms in total. The molecule has 4 aliphatic rings. The molecule has 0 unspecified atom stereocenters. The minimum absolute atomic E-state index is 0.455. The zero-order valence-electron chi connectivity index (χ0n) is 37.4. The summed E-state index contributed by atoms with van der Waals surface area (Å²) in [7, 11) is 0. The number of hydrogen-bond donors (Lipinski definition) is 0. The van der Waals surface area contributed by atoms with E-state index in [0.29, 0.717) is 0 Å². The van der Waals surface area contributed by atoms with E-state index in [-0.39, 0.29) is 0 Å². The molecule has 2 aliphatic carbocycles. The van der Waals surface area contributed by atoms with Gasteiger partial charge in [0.15, 0.2) is 0 Å². The van der Waals surface area contributed by atoms with Crippen molar-refractivity contribution in [3.05, 3.63) is 293 Å². The second-order valence-electron chi connectivity index (χ2n) is 18.6. The average Bonchev–Trinajstić information content (AvgIpc) is 3.86. The van der Waals surface area contributed by atoms with Gasteiger partial charge >= 0.3 is 0 Å². The van der Waals surface area contributed by atoms with Crippen molar-refractivity contribution in [2.45, 2.75) is 30.4 Å². The lowest BCUT2D eigenvalue weighted by molar-refractivity contribution is 0.722. The van der Waals surface area contributed by atoms with Crippen LogP contribution in [0.1, 0.15) is 44.5 Å². The molecule has 0 aromatic heterocycles. The molecule has 2 heterocycles. The molecule has 0 atom stereocenters. The number of rotatable bonds is 4. The molecule has 0 saturated heterocycles. The van der Waals surface area contributed by atoms with Crippen LogP contribution >= 0.6 is 23.5 Å². The highest BCUT2D eigenvalue weighted by Gasteiger charge is 2.52. The fraction of sp³-hybridized carbons (Fsp3) is 0.0303. The molecule has 3 heteroatoms. The van der Waals surface area contributed by atoms with Crippen molar-refractivity contribution in [1.82, 2.24) is 0 Å². The average molecular weight is 912 g/mol. The molecule has 0 amide bonds. The molecule has 322 valence electrons. The number of anilines is 3. The van der Waals surface area contributed by atoms with Crippen LogP contribution in [0.3, 0.4) is 0 Å². The molecule has 2 spiro atoms. The van der Waals surface area contributed by atoms with Gasteiger partial charge in [-0.2, -0.15) is 0 Å². The summed E-state index contributed by atoms with van der Waals surface area (Å²) in [5.41, 5.74) is 20.7. The molecule has 0 bridgehead atoms. The van der Waals surface area contributed by atoms with Crippen molar-refractivity contribution < 1.29 is 0 Å². The summed E-state index contributed by atoms with van der Waals surface area (Å²) in [4.78, 5) is 7.78. The zero-order chi connectivity index (χ0) is 45.3. The first-order valence-electron chi connectivity index (χ1n) is 23.8. The first-order valence-corrected chi connectivity index (χ1v) is 25.5. The van der Waals surface area contributed by atoms with E-state index in [1.807, 2.05) is 23.5 Å². The normalized spacial score (nSPS) is 14.5. The highest BCUT2D eigenvalue weighted by Crippen LogP contribution is 2.65. The van der Waals surface area contributed by atoms with Gasteiger partial charge in [-0.1, -0.05) is 218 Å². The van der Waals surface area contributed by atoms with E-state index in [4.69, 9.17) is 0 Å². The summed E-state index contributed by atoms with van der Waals surface area (Å²) in [6.07, 6.45) is 0. The first kappa shape index (κ1) is 39.2. The SMILES string of the molecule is c1ccc(-c2ccc(N(c3ccc4c(c3)-c3ccccc3C43c4ccccc4Sc4ccccc43)c3ccc4c(c3)C3(c5ccccc5Sc5ccccc53)c3ccccc3-4)c3ccccc23)cc1. The van der Waals surface area contributed by atoms with Crippen molar-refractivity contribution in [3.8, 4) is 33.4 Å². The van der Waals surface area contributed by atoms with Crippen LogP contribution in [0, 0.1) is 0 Å². The van der Waals surface area contributed by atoms with Gasteiger partial charge in [0.25, 0.3) is 0 Å². The maximum atomic E-state index is 2.55. The molecule has 0 saturated carbocycles. The predicted molar refractivity (Wildman–Crippen MR) is 287 cm³/mol. The van der Waals surface area contributed by atoms with Crippen LogP contribution < -0.4 is 4.90 Å². The minimum Gasteiger partial charge on any atom is -0.310 e. The standard InChI is InChI=1S/C66H41NS2/c1-2-18-42(19-3-1)45-37-39-60(50-23-5-4-20-46(45)50)67(43-35-38-54-51(40-43)48-22-7-9-25-53(48)65(54)55-26-10-14-30-61(55)68-62-31-15-11-27-56(62)65)44-34-36-49-47-21-6-8-24-52(47)66(59(49)41-44)57-28-12-16-32-63(57)69-64-33-17-13-29-58(64)66/h1-41H. The fourth-order valence-electron chi connectivity index (χ4n) is 12.7. The number of hydrogen-bond acceptors (Lipinski definition) is 3. The second-order valence-corrected chi connectivity index (χ2v) is 20.8. The van der Waals surface area contributed by atoms with Crippen LogP contribution in [0.15, 0.2) is 268 Å². The van der Waals surface area contributed by atoms with E-state index in [1.54, 1.807) is 0 Å². The Morgan fingerprint density at radius 2 is 0.667 bits per heavy atom. The van der Waals surface area contributed by atoms with E-state index in [0.717, 1.165) is 17.1 Å². The Hall–Kier alpha value is -7.82. The maximum absolute atomic E-state index is 2.55. The Balaban J connectivity index is 1.02. The Morgan fingerprint density at radius 1 is 0.261 bits per heavy atom. The molecule has 0 N–H and O–H groups in total. The number of nitrogens with zero attached hydrogens (tertiary/aromatic N) is 1. The van der Waals surface area contributed by atoms with Gasteiger partial charge in [-0.25, -0.2) is 0 Å². The lowest BCUT2D eigenvalue weighted by atomic mass is 9.67. The molecule has 2 aliphatic heterocycles. The summed E-state index contributed by atoms with van der Waals surface area (Å²) in [6.45, 7) is 0. The van der Waals surface area contributed by atoms with E-state index >= 15 is 0 Å². The molecule has 0 radical (unpaired) electrons. The molecular formula is C66H41NS2. The summed E-state index contributed by atoms with van der Waals surface area (Å²) < 4.78 is 0.